The smallest absolute Gasteiger partial charge is 0.481 e. The van der Waals surface area contributed by atoms with Gasteiger partial charge in [0.2, 0.25) is 0 Å². The molecule has 2 aliphatic rings. The van der Waals surface area contributed by atoms with Gasteiger partial charge in [0.1, 0.15) is 0 Å². The van der Waals surface area contributed by atoms with E-state index in [9.17, 15) is 18.7 Å². The first kappa shape index (κ1) is 15.9. The number of carboxylic acid groups (broad SMARTS) is 1. The minimum Gasteiger partial charge on any atom is -0.481 e. The molecule has 25 heavy (non-hydrogen) atoms. The van der Waals surface area contributed by atoms with Crippen molar-refractivity contribution in [1.29, 1.82) is 0 Å². The molecule has 1 heterocycles. The van der Waals surface area contributed by atoms with Crippen molar-refractivity contribution in [3.63, 3.8) is 0 Å². The molecule has 4 rings (SSSR count). The highest BCUT2D eigenvalue weighted by molar-refractivity contribution is 5.84. The van der Waals surface area contributed by atoms with Crippen LogP contribution in [0, 0.1) is 5.41 Å². The fourth-order valence-electron chi connectivity index (χ4n) is 4.10. The molecule has 2 aromatic rings. The van der Waals surface area contributed by atoms with Crippen molar-refractivity contribution >= 4 is 5.97 Å². The molecule has 0 radical (unpaired) electrons. The maximum Gasteiger partial charge on any atom is 0.586 e. The molecule has 0 bridgehead atoms. The van der Waals surface area contributed by atoms with Crippen molar-refractivity contribution in [2.75, 3.05) is 0 Å². The van der Waals surface area contributed by atoms with E-state index in [0.717, 1.165) is 5.56 Å². The Kier molecular flexibility index (Phi) is 3.29. The summed E-state index contributed by atoms with van der Waals surface area (Å²) < 4.78 is 35.4. The highest BCUT2D eigenvalue weighted by atomic mass is 19.3. The third-order valence-electron chi connectivity index (χ3n) is 5.26. The lowest BCUT2D eigenvalue weighted by molar-refractivity contribution is -0.286. The van der Waals surface area contributed by atoms with E-state index in [4.69, 9.17) is 0 Å². The molecule has 0 amide bonds. The van der Waals surface area contributed by atoms with Crippen LogP contribution < -0.4 is 9.47 Å². The Labute approximate surface area is 143 Å². The van der Waals surface area contributed by atoms with Crippen LogP contribution in [0.1, 0.15) is 36.3 Å². The zero-order valence-corrected chi connectivity index (χ0v) is 13.4. The third-order valence-corrected chi connectivity index (χ3v) is 5.26. The van der Waals surface area contributed by atoms with Crippen molar-refractivity contribution in [3.05, 3.63) is 59.7 Å². The van der Waals surface area contributed by atoms with Crippen molar-refractivity contribution < 1.29 is 28.2 Å². The van der Waals surface area contributed by atoms with Gasteiger partial charge in [0.25, 0.3) is 0 Å². The van der Waals surface area contributed by atoms with Crippen molar-refractivity contribution in [2.45, 2.75) is 31.5 Å². The number of carboxylic acids is 1. The Morgan fingerprint density at radius 2 is 1.68 bits per heavy atom. The van der Waals surface area contributed by atoms with Crippen molar-refractivity contribution in [2.24, 2.45) is 5.41 Å². The lowest BCUT2D eigenvalue weighted by Gasteiger charge is -2.10. The Hall–Kier alpha value is -2.63. The van der Waals surface area contributed by atoms with Crippen LogP contribution in [0.2, 0.25) is 0 Å². The van der Waals surface area contributed by atoms with Gasteiger partial charge >= 0.3 is 12.3 Å². The molecule has 130 valence electrons. The first-order chi connectivity index (χ1) is 11.9. The van der Waals surface area contributed by atoms with Gasteiger partial charge in [0.15, 0.2) is 11.5 Å². The summed E-state index contributed by atoms with van der Waals surface area (Å²) in [5.74, 6) is -1.49. The van der Waals surface area contributed by atoms with E-state index in [1.807, 2.05) is 37.3 Å². The summed E-state index contributed by atoms with van der Waals surface area (Å²) in [5.41, 5.74) is 0.648. The lowest BCUT2D eigenvalue weighted by Crippen LogP contribution is -2.25. The summed E-state index contributed by atoms with van der Waals surface area (Å²) in [7, 11) is 0. The van der Waals surface area contributed by atoms with Crippen LogP contribution in [-0.4, -0.2) is 17.4 Å². The van der Waals surface area contributed by atoms with Crippen LogP contribution in [0.15, 0.2) is 48.5 Å². The van der Waals surface area contributed by atoms with E-state index in [-0.39, 0.29) is 23.3 Å². The van der Waals surface area contributed by atoms with E-state index in [1.165, 1.54) is 12.1 Å². The minimum atomic E-state index is -3.68. The van der Waals surface area contributed by atoms with E-state index >= 15 is 0 Å². The zero-order chi connectivity index (χ0) is 17.8. The monoisotopic (exact) mass is 346 g/mol. The highest BCUT2D eigenvalue weighted by Gasteiger charge is 2.69. The average molecular weight is 346 g/mol. The standard InChI is InChI=1S/C19H16F2O4/c1-2-18(17(22)23)15(11-6-4-3-5-7-11)16(18)12-8-9-13-14(10-12)25-19(20,21)24-13/h3-10,15-16H,2H2,1H3,(H,22,23)/t15-,16-,18+/m0/s1. The first-order valence-corrected chi connectivity index (χ1v) is 8.07. The molecule has 0 saturated heterocycles. The van der Waals surface area contributed by atoms with Gasteiger partial charge in [-0.1, -0.05) is 43.3 Å². The fourth-order valence-corrected chi connectivity index (χ4v) is 4.10. The van der Waals surface area contributed by atoms with Crippen LogP contribution in [0.25, 0.3) is 0 Å². The van der Waals surface area contributed by atoms with Crippen LogP contribution in [-0.2, 0) is 4.79 Å². The Morgan fingerprint density at radius 3 is 2.32 bits per heavy atom. The second kappa shape index (κ2) is 5.18. The maximum absolute atomic E-state index is 13.2. The van der Waals surface area contributed by atoms with E-state index in [1.54, 1.807) is 6.07 Å². The van der Waals surface area contributed by atoms with Crippen LogP contribution in [0.3, 0.4) is 0 Å². The molecule has 0 aromatic heterocycles. The molecule has 1 aliphatic carbocycles. The molecule has 1 N–H and O–H groups in total. The molecule has 3 atom stereocenters. The van der Waals surface area contributed by atoms with Crippen LogP contribution >= 0.6 is 0 Å². The fraction of sp³-hybridized carbons (Fsp3) is 0.316. The number of alkyl halides is 2. The Morgan fingerprint density at radius 1 is 1.04 bits per heavy atom. The number of benzene rings is 2. The van der Waals surface area contributed by atoms with Gasteiger partial charge in [-0.3, -0.25) is 4.79 Å². The minimum absolute atomic E-state index is 0.0388. The molecule has 0 unspecified atom stereocenters. The number of hydrogen-bond donors (Lipinski definition) is 1. The van der Waals surface area contributed by atoms with Gasteiger partial charge in [-0.25, -0.2) is 0 Å². The number of hydrogen-bond acceptors (Lipinski definition) is 3. The summed E-state index contributed by atoms with van der Waals surface area (Å²) in [4.78, 5) is 12.0. The molecular formula is C19H16F2O4. The quantitative estimate of drug-likeness (QED) is 0.893. The normalized spacial score (nSPS) is 28.6. The molecule has 0 spiro atoms. The highest BCUT2D eigenvalue weighted by Crippen LogP contribution is 2.72. The summed E-state index contributed by atoms with van der Waals surface area (Å²) in [6, 6.07) is 13.9. The van der Waals surface area contributed by atoms with E-state index < -0.39 is 17.7 Å². The average Bonchev–Trinajstić information content (AvgIpc) is 3.17. The summed E-state index contributed by atoms with van der Waals surface area (Å²) in [6.45, 7) is 1.84. The van der Waals surface area contributed by atoms with Gasteiger partial charge in [0.05, 0.1) is 5.41 Å². The lowest BCUT2D eigenvalue weighted by atomic mass is 9.94. The number of halogens is 2. The van der Waals surface area contributed by atoms with Crippen LogP contribution in [0.4, 0.5) is 8.78 Å². The first-order valence-electron chi connectivity index (χ1n) is 8.07. The number of ether oxygens (including phenoxy) is 2. The summed E-state index contributed by atoms with van der Waals surface area (Å²) in [5, 5.41) is 9.87. The zero-order valence-electron chi connectivity index (χ0n) is 13.4. The molecule has 1 aliphatic heterocycles. The number of rotatable bonds is 4. The Bertz CT molecular complexity index is 837. The Balaban J connectivity index is 1.75. The predicted octanol–water partition coefficient (Wildman–Crippen LogP) is 4.37. The summed E-state index contributed by atoms with van der Waals surface area (Å²) in [6.07, 6.45) is -3.24. The SMILES string of the molecule is CC[C@@]1(C(=O)O)[C@@H](c2ccccc2)[C@@H]1c1ccc2c(c1)OC(F)(F)O2. The van der Waals surface area contributed by atoms with Gasteiger partial charge in [-0.05, 0) is 29.7 Å². The van der Waals surface area contributed by atoms with Gasteiger partial charge in [-0.15, -0.1) is 8.78 Å². The molecule has 1 fully saturated rings. The molecule has 4 nitrogen and oxygen atoms in total. The van der Waals surface area contributed by atoms with Gasteiger partial charge < -0.3 is 14.6 Å². The maximum atomic E-state index is 13.2. The summed E-state index contributed by atoms with van der Waals surface area (Å²) >= 11 is 0. The van der Waals surface area contributed by atoms with Gasteiger partial charge in [-0.2, -0.15) is 0 Å². The molecule has 6 heteroatoms. The molecule has 1 saturated carbocycles. The third kappa shape index (κ3) is 2.27. The van der Waals surface area contributed by atoms with Crippen molar-refractivity contribution in [3.8, 4) is 11.5 Å². The second-order valence-corrected chi connectivity index (χ2v) is 6.44. The van der Waals surface area contributed by atoms with Gasteiger partial charge in [0, 0.05) is 11.8 Å². The van der Waals surface area contributed by atoms with E-state index in [0.29, 0.717) is 12.0 Å². The predicted molar refractivity (Wildman–Crippen MR) is 84.9 cm³/mol. The second-order valence-electron chi connectivity index (χ2n) is 6.44. The largest absolute Gasteiger partial charge is 0.586 e. The number of carbonyl (C=O) groups is 1. The molecular weight excluding hydrogens is 330 g/mol. The number of aliphatic carboxylic acids is 1. The van der Waals surface area contributed by atoms with E-state index in [2.05, 4.69) is 9.47 Å². The topological polar surface area (TPSA) is 55.8 Å². The van der Waals surface area contributed by atoms with Crippen LogP contribution in [0.5, 0.6) is 11.5 Å². The number of fused-ring (bicyclic) bond motifs is 1. The molecule has 2 aromatic carbocycles. The van der Waals surface area contributed by atoms with Crippen molar-refractivity contribution in [1.82, 2.24) is 0 Å².